The quantitative estimate of drug-likeness (QED) is 0.701. The van der Waals surface area contributed by atoms with Crippen molar-refractivity contribution in [3.63, 3.8) is 0 Å². The Kier molecular flexibility index (Phi) is 4.00. The van der Waals surface area contributed by atoms with Crippen LogP contribution >= 0.6 is 0 Å². The van der Waals surface area contributed by atoms with Crippen molar-refractivity contribution >= 4 is 11.7 Å². The second-order valence-electron chi connectivity index (χ2n) is 2.67. The van der Waals surface area contributed by atoms with Crippen molar-refractivity contribution in [1.29, 1.82) is 0 Å². The second-order valence-corrected chi connectivity index (χ2v) is 2.67. The average Bonchev–Trinajstić information content (AvgIpc) is 2.15. The van der Waals surface area contributed by atoms with E-state index in [-0.39, 0.29) is 18.3 Å². The Hall–Kier alpha value is -1.49. The van der Waals surface area contributed by atoms with E-state index in [0.717, 1.165) is 0 Å². The molecule has 0 aliphatic rings. The van der Waals surface area contributed by atoms with Gasteiger partial charge in [0.15, 0.2) is 0 Å². The van der Waals surface area contributed by atoms with Crippen LogP contribution in [0.3, 0.4) is 0 Å². The van der Waals surface area contributed by atoms with E-state index >= 15 is 0 Å². The van der Waals surface area contributed by atoms with Gasteiger partial charge in [-0.05, 0) is 18.7 Å². The molecule has 1 amide bonds. The molecule has 0 radical (unpaired) electrons. The van der Waals surface area contributed by atoms with Gasteiger partial charge in [0.25, 0.3) is 0 Å². The van der Waals surface area contributed by atoms with Gasteiger partial charge in [0.1, 0.15) is 5.82 Å². The normalized spacial score (nSPS) is 9.86. The standard InChI is InChI=1S/C9H12FN3O/c1-2-11-6-9(14)13-8-5-3-4-7(10)12-8/h3-5,11H,2,6H2,1H3,(H,12,13,14). The molecule has 4 nitrogen and oxygen atoms in total. The number of halogens is 1. The number of rotatable bonds is 4. The number of carbonyl (C=O) groups excluding carboxylic acids is 1. The molecule has 1 aromatic rings. The third kappa shape index (κ3) is 3.49. The first kappa shape index (κ1) is 10.6. The predicted octanol–water partition coefficient (Wildman–Crippen LogP) is 0.769. The van der Waals surface area contributed by atoms with Gasteiger partial charge in [0.2, 0.25) is 11.9 Å². The van der Waals surface area contributed by atoms with E-state index in [1.165, 1.54) is 18.2 Å². The Morgan fingerprint density at radius 3 is 3.00 bits per heavy atom. The van der Waals surface area contributed by atoms with Crippen molar-refractivity contribution in [2.75, 3.05) is 18.4 Å². The third-order valence-electron chi connectivity index (χ3n) is 1.52. The van der Waals surface area contributed by atoms with Crippen LogP contribution in [0.15, 0.2) is 18.2 Å². The fourth-order valence-corrected chi connectivity index (χ4v) is 0.903. The summed E-state index contributed by atoms with van der Waals surface area (Å²) in [6.07, 6.45) is 0. The number of nitrogens with zero attached hydrogens (tertiary/aromatic N) is 1. The largest absolute Gasteiger partial charge is 0.309 e. The first-order chi connectivity index (χ1) is 6.72. The molecule has 0 fully saturated rings. The zero-order chi connectivity index (χ0) is 10.4. The molecule has 5 heteroatoms. The molecule has 0 bridgehead atoms. The van der Waals surface area contributed by atoms with Crippen LogP contribution in [0.2, 0.25) is 0 Å². The molecule has 0 saturated heterocycles. The van der Waals surface area contributed by atoms with E-state index in [0.29, 0.717) is 6.54 Å². The lowest BCUT2D eigenvalue weighted by atomic mass is 10.4. The molecule has 1 rings (SSSR count). The van der Waals surface area contributed by atoms with E-state index in [9.17, 15) is 9.18 Å². The van der Waals surface area contributed by atoms with E-state index in [1.54, 1.807) is 0 Å². The van der Waals surface area contributed by atoms with Crippen molar-refractivity contribution < 1.29 is 9.18 Å². The Labute approximate surface area is 81.5 Å². The maximum Gasteiger partial charge on any atom is 0.239 e. The fraction of sp³-hybridized carbons (Fsp3) is 0.333. The third-order valence-corrected chi connectivity index (χ3v) is 1.52. The number of carbonyl (C=O) groups is 1. The number of hydrogen-bond acceptors (Lipinski definition) is 3. The molecular weight excluding hydrogens is 185 g/mol. The monoisotopic (exact) mass is 197 g/mol. The lowest BCUT2D eigenvalue weighted by Crippen LogP contribution is -2.28. The van der Waals surface area contributed by atoms with Crippen molar-refractivity contribution in [2.45, 2.75) is 6.92 Å². The van der Waals surface area contributed by atoms with E-state index in [4.69, 9.17) is 0 Å². The van der Waals surface area contributed by atoms with Gasteiger partial charge < -0.3 is 10.6 Å². The maximum atomic E-state index is 12.6. The summed E-state index contributed by atoms with van der Waals surface area (Å²) in [7, 11) is 0. The van der Waals surface area contributed by atoms with Gasteiger partial charge in [-0.15, -0.1) is 0 Å². The van der Waals surface area contributed by atoms with Gasteiger partial charge in [-0.2, -0.15) is 4.39 Å². The zero-order valence-corrected chi connectivity index (χ0v) is 7.88. The molecule has 14 heavy (non-hydrogen) atoms. The highest BCUT2D eigenvalue weighted by molar-refractivity contribution is 5.91. The Morgan fingerprint density at radius 2 is 2.36 bits per heavy atom. The lowest BCUT2D eigenvalue weighted by Gasteiger charge is -2.03. The summed E-state index contributed by atoms with van der Waals surface area (Å²) in [5, 5.41) is 5.31. The van der Waals surface area contributed by atoms with Crippen LogP contribution in [0.5, 0.6) is 0 Å². The molecule has 0 aromatic carbocycles. The minimum absolute atomic E-state index is 0.203. The number of pyridine rings is 1. The Balaban J connectivity index is 2.47. The van der Waals surface area contributed by atoms with E-state index in [1.807, 2.05) is 6.92 Å². The summed E-state index contributed by atoms with van der Waals surface area (Å²) in [6, 6.07) is 4.25. The van der Waals surface area contributed by atoms with Crippen LogP contribution < -0.4 is 10.6 Å². The predicted molar refractivity (Wildman–Crippen MR) is 51.4 cm³/mol. The summed E-state index contributed by atoms with van der Waals surface area (Å²) in [5.74, 6) is -0.607. The van der Waals surface area contributed by atoms with Crippen LogP contribution in [0.1, 0.15) is 6.92 Å². The minimum Gasteiger partial charge on any atom is -0.309 e. The van der Waals surface area contributed by atoms with Gasteiger partial charge in [0.05, 0.1) is 6.54 Å². The number of nitrogens with one attached hydrogen (secondary N) is 2. The van der Waals surface area contributed by atoms with Crippen LogP contribution in [0.25, 0.3) is 0 Å². The van der Waals surface area contributed by atoms with Gasteiger partial charge in [0, 0.05) is 0 Å². The lowest BCUT2D eigenvalue weighted by molar-refractivity contribution is -0.115. The molecule has 0 unspecified atom stereocenters. The highest BCUT2D eigenvalue weighted by atomic mass is 19.1. The van der Waals surface area contributed by atoms with Gasteiger partial charge >= 0.3 is 0 Å². The number of amides is 1. The summed E-state index contributed by atoms with van der Waals surface area (Å²) in [4.78, 5) is 14.6. The highest BCUT2D eigenvalue weighted by Gasteiger charge is 2.02. The topological polar surface area (TPSA) is 54.0 Å². The number of hydrogen-bond donors (Lipinski definition) is 2. The van der Waals surface area contributed by atoms with Crippen molar-refractivity contribution in [3.8, 4) is 0 Å². The van der Waals surface area contributed by atoms with Crippen molar-refractivity contribution in [2.24, 2.45) is 0 Å². The zero-order valence-electron chi connectivity index (χ0n) is 7.88. The van der Waals surface area contributed by atoms with Crippen LogP contribution in [0, 0.1) is 5.95 Å². The molecule has 0 aliphatic carbocycles. The van der Waals surface area contributed by atoms with Gasteiger partial charge in [-0.1, -0.05) is 13.0 Å². The number of likely N-dealkylation sites (N-methyl/N-ethyl adjacent to an activating group) is 1. The number of anilines is 1. The van der Waals surface area contributed by atoms with Crippen molar-refractivity contribution in [3.05, 3.63) is 24.1 Å². The molecule has 76 valence electrons. The van der Waals surface area contributed by atoms with Gasteiger partial charge in [-0.25, -0.2) is 4.98 Å². The number of aromatic nitrogens is 1. The SMILES string of the molecule is CCNCC(=O)Nc1cccc(F)n1. The highest BCUT2D eigenvalue weighted by Crippen LogP contribution is 2.02. The van der Waals surface area contributed by atoms with E-state index < -0.39 is 5.95 Å². The summed E-state index contributed by atoms with van der Waals surface area (Å²) in [5.41, 5.74) is 0. The van der Waals surface area contributed by atoms with E-state index in [2.05, 4.69) is 15.6 Å². The van der Waals surface area contributed by atoms with Crippen LogP contribution in [0.4, 0.5) is 10.2 Å². The smallest absolute Gasteiger partial charge is 0.239 e. The summed E-state index contributed by atoms with van der Waals surface area (Å²) < 4.78 is 12.6. The molecule has 1 heterocycles. The van der Waals surface area contributed by atoms with Crippen molar-refractivity contribution in [1.82, 2.24) is 10.3 Å². The Morgan fingerprint density at radius 1 is 1.57 bits per heavy atom. The fourth-order valence-electron chi connectivity index (χ4n) is 0.903. The second kappa shape index (κ2) is 5.29. The molecule has 0 spiro atoms. The van der Waals surface area contributed by atoms with Crippen LogP contribution in [-0.2, 0) is 4.79 Å². The average molecular weight is 197 g/mol. The minimum atomic E-state index is -0.605. The molecule has 1 aromatic heterocycles. The molecule has 0 aliphatic heterocycles. The summed E-state index contributed by atoms with van der Waals surface area (Å²) >= 11 is 0. The molecular formula is C9H12FN3O. The molecule has 0 saturated carbocycles. The molecule has 2 N–H and O–H groups in total. The maximum absolute atomic E-state index is 12.6. The first-order valence-corrected chi connectivity index (χ1v) is 4.35. The first-order valence-electron chi connectivity index (χ1n) is 4.35. The summed E-state index contributed by atoms with van der Waals surface area (Å²) in [6.45, 7) is 2.81. The molecule has 0 atom stereocenters. The van der Waals surface area contributed by atoms with Gasteiger partial charge in [-0.3, -0.25) is 4.79 Å². The van der Waals surface area contributed by atoms with Crippen LogP contribution in [-0.4, -0.2) is 24.0 Å². The Bertz CT molecular complexity index is 317.